The molecular weight excluding hydrogens is 482 g/mol. The van der Waals surface area contributed by atoms with Crippen molar-refractivity contribution in [2.45, 2.75) is 37.9 Å². The highest BCUT2D eigenvalue weighted by atomic mass is 32.1. The zero-order valence-corrected chi connectivity index (χ0v) is 18.8. The van der Waals surface area contributed by atoms with Gasteiger partial charge in [-0.1, -0.05) is 30.3 Å². The number of benzene rings is 1. The molecule has 1 aliphatic heterocycles. The van der Waals surface area contributed by atoms with Gasteiger partial charge in [0.2, 0.25) is 6.29 Å². The number of aryl methyl sites for hydroxylation is 1. The van der Waals surface area contributed by atoms with Crippen LogP contribution in [0.4, 0.5) is 26.3 Å². The molecule has 0 radical (unpaired) electrons. The third-order valence-electron chi connectivity index (χ3n) is 6.04. The Morgan fingerprint density at radius 1 is 0.853 bits per heavy atom. The van der Waals surface area contributed by atoms with Gasteiger partial charge in [-0.2, -0.15) is 26.3 Å². The van der Waals surface area contributed by atoms with Crippen LogP contribution in [0.25, 0.3) is 21.6 Å². The van der Waals surface area contributed by atoms with Crippen molar-refractivity contribution in [1.29, 1.82) is 0 Å². The Kier molecular flexibility index (Phi) is 5.27. The summed E-state index contributed by atoms with van der Waals surface area (Å²) < 4.78 is 106. The average Bonchev–Trinajstić information content (AvgIpc) is 3.54. The number of hydrogen-bond donors (Lipinski definition) is 0. The fraction of sp³-hybridized carbons (Fsp3) is 0.333. The molecular formula is C24H18F6O3S. The average molecular weight is 500 g/mol. The van der Waals surface area contributed by atoms with Crippen LogP contribution >= 0.6 is 11.3 Å². The maximum absolute atomic E-state index is 15.2. The molecule has 0 amide bonds. The summed E-state index contributed by atoms with van der Waals surface area (Å²) in [4.78, 5) is 0.762. The minimum absolute atomic E-state index is 0.0718. The predicted molar refractivity (Wildman–Crippen MR) is 114 cm³/mol. The maximum Gasteiger partial charge on any atom is 0.380 e. The Bertz CT molecular complexity index is 1270. The minimum atomic E-state index is -5.64. The number of thiophene rings is 1. The zero-order chi connectivity index (χ0) is 24.5. The highest BCUT2D eigenvalue weighted by molar-refractivity contribution is 7.16. The van der Waals surface area contributed by atoms with Crippen LogP contribution in [0.3, 0.4) is 0 Å². The summed E-state index contributed by atoms with van der Waals surface area (Å²) >= 11 is 1.08. The van der Waals surface area contributed by atoms with Crippen molar-refractivity contribution in [2.24, 2.45) is 0 Å². The van der Waals surface area contributed by atoms with E-state index >= 15 is 17.6 Å². The summed E-state index contributed by atoms with van der Waals surface area (Å²) in [5.74, 6) is -16.0. The second kappa shape index (κ2) is 7.73. The molecule has 2 aromatic heterocycles. The van der Waals surface area contributed by atoms with Crippen molar-refractivity contribution in [3.63, 3.8) is 0 Å². The van der Waals surface area contributed by atoms with Crippen LogP contribution in [0.1, 0.15) is 33.6 Å². The Morgan fingerprint density at radius 3 is 2.12 bits per heavy atom. The van der Waals surface area contributed by atoms with Crippen LogP contribution in [0.5, 0.6) is 0 Å². The van der Waals surface area contributed by atoms with E-state index in [2.05, 4.69) is 0 Å². The second-order valence-electron chi connectivity index (χ2n) is 8.14. The number of rotatable bonds is 4. The van der Waals surface area contributed by atoms with E-state index < -0.39 is 40.8 Å². The summed E-state index contributed by atoms with van der Waals surface area (Å²) in [7, 11) is 0. The van der Waals surface area contributed by atoms with E-state index in [1.165, 1.54) is 13.8 Å². The fourth-order valence-corrected chi connectivity index (χ4v) is 5.62. The molecule has 0 unspecified atom stereocenters. The van der Waals surface area contributed by atoms with E-state index in [0.717, 1.165) is 23.7 Å². The van der Waals surface area contributed by atoms with E-state index in [-0.39, 0.29) is 35.0 Å². The van der Waals surface area contributed by atoms with E-state index in [4.69, 9.17) is 13.9 Å². The lowest BCUT2D eigenvalue weighted by molar-refractivity contribution is -0.254. The van der Waals surface area contributed by atoms with Gasteiger partial charge in [-0.25, -0.2) is 0 Å². The summed E-state index contributed by atoms with van der Waals surface area (Å²) in [6.07, 6.45) is -0.265. The lowest BCUT2D eigenvalue weighted by Gasteiger charge is -2.25. The van der Waals surface area contributed by atoms with Crippen molar-refractivity contribution < 1.29 is 40.2 Å². The van der Waals surface area contributed by atoms with Crippen molar-refractivity contribution in [3.05, 3.63) is 70.0 Å². The molecule has 1 aromatic carbocycles. The molecule has 0 atom stereocenters. The highest BCUT2D eigenvalue weighted by Crippen LogP contribution is 2.66. The number of furan rings is 1. The van der Waals surface area contributed by atoms with Gasteiger partial charge in [-0.05, 0) is 31.0 Å². The minimum Gasteiger partial charge on any atom is -0.463 e. The van der Waals surface area contributed by atoms with Crippen LogP contribution in [0, 0.1) is 13.8 Å². The molecule has 3 nitrogen and oxygen atoms in total. The largest absolute Gasteiger partial charge is 0.463 e. The van der Waals surface area contributed by atoms with Crippen LogP contribution in [-0.2, 0) is 9.47 Å². The van der Waals surface area contributed by atoms with Crippen LogP contribution in [-0.4, -0.2) is 31.0 Å². The molecule has 180 valence electrons. The van der Waals surface area contributed by atoms with Gasteiger partial charge in [-0.15, -0.1) is 11.3 Å². The standard InChI is InChI=1S/C24H18F6O3S/c1-12-17(13(2)34-20(12)14-6-4-3-5-7-14)19-18(22(25,26)24(29,30)23(19,27)28)15-10-16(33-11-15)21-31-8-9-32-21/h3-7,10-11,21H,8-9H2,1-2H3. The lowest BCUT2D eigenvalue weighted by atomic mass is 9.92. The smallest absolute Gasteiger partial charge is 0.380 e. The lowest BCUT2D eigenvalue weighted by Crippen LogP contribution is -2.48. The molecule has 2 aliphatic rings. The van der Waals surface area contributed by atoms with Crippen molar-refractivity contribution in [2.75, 3.05) is 13.2 Å². The SMILES string of the molecule is Cc1sc(-c2ccccc2)c(C)c1C1=C(c2coc(C3OCCO3)c2)C(F)(F)C(F)(F)C1(F)F. The first kappa shape index (κ1) is 23.2. The van der Waals surface area contributed by atoms with Gasteiger partial charge in [0.05, 0.1) is 19.5 Å². The van der Waals surface area contributed by atoms with Gasteiger partial charge in [-0.3, -0.25) is 0 Å². The Balaban J connectivity index is 1.76. The zero-order valence-electron chi connectivity index (χ0n) is 17.9. The Hall–Kier alpha value is -2.56. The van der Waals surface area contributed by atoms with Gasteiger partial charge in [0, 0.05) is 32.0 Å². The monoisotopic (exact) mass is 500 g/mol. The molecule has 1 aliphatic carbocycles. The quantitative estimate of drug-likeness (QED) is 0.348. The molecule has 1 fully saturated rings. The number of allylic oxidation sites excluding steroid dienone is 2. The molecule has 34 heavy (non-hydrogen) atoms. The van der Waals surface area contributed by atoms with Crippen LogP contribution < -0.4 is 0 Å². The normalized spacial score (nSPS) is 21.5. The summed E-state index contributed by atoms with van der Waals surface area (Å²) in [5.41, 5.74) is -2.84. The first-order valence-electron chi connectivity index (χ1n) is 10.3. The molecule has 0 bridgehead atoms. The third kappa shape index (κ3) is 3.11. The topological polar surface area (TPSA) is 31.6 Å². The van der Waals surface area contributed by atoms with Gasteiger partial charge in [0.15, 0.2) is 5.76 Å². The molecule has 5 rings (SSSR count). The van der Waals surface area contributed by atoms with Gasteiger partial charge < -0.3 is 13.9 Å². The number of halogens is 6. The molecule has 3 aromatic rings. The van der Waals surface area contributed by atoms with E-state index in [1.807, 2.05) is 0 Å². The first-order valence-corrected chi connectivity index (χ1v) is 11.2. The van der Waals surface area contributed by atoms with Gasteiger partial charge in [0.25, 0.3) is 0 Å². The first-order chi connectivity index (χ1) is 16.0. The number of alkyl halides is 6. The summed E-state index contributed by atoms with van der Waals surface area (Å²) in [6.45, 7) is 3.36. The molecule has 10 heteroatoms. The third-order valence-corrected chi connectivity index (χ3v) is 7.29. The van der Waals surface area contributed by atoms with Crippen molar-refractivity contribution >= 4 is 22.5 Å². The molecule has 0 N–H and O–H groups in total. The van der Waals surface area contributed by atoms with Gasteiger partial charge in [0.1, 0.15) is 0 Å². The van der Waals surface area contributed by atoms with Gasteiger partial charge >= 0.3 is 17.8 Å². The Labute approximate surface area is 194 Å². The van der Waals surface area contributed by atoms with Crippen LogP contribution in [0.15, 0.2) is 47.1 Å². The predicted octanol–water partition coefficient (Wildman–Crippen LogP) is 7.50. The van der Waals surface area contributed by atoms with Crippen LogP contribution in [0.2, 0.25) is 0 Å². The maximum atomic E-state index is 15.2. The number of ether oxygens (including phenoxy) is 2. The molecule has 0 spiro atoms. The molecule has 0 saturated carbocycles. The summed E-state index contributed by atoms with van der Waals surface area (Å²) in [6, 6.07) is 9.70. The molecule has 3 heterocycles. The fourth-order valence-electron chi connectivity index (χ4n) is 4.45. The van der Waals surface area contributed by atoms with E-state index in [9.17, 15) is 8.78 Å². The van der Waals surface area contributed by atoms with Crippen molar-refractivity contribution in [3.8, 4) is 10.4 Å². The number of hydrogen-bond acceptors (Lipinski definition) is 4. The second-order valence-corrected chi connectivity index (χ2v) is 9.36. The molecule has 1 saturated heterocycles. The van der Waals surface area contributed by atoms with E-state index in [0.29, 0.717) is 10.4 Å². The van der Waals surface area contributed by atoms with E-state index in [1.54, 1.807) is 30.3 Å². The van der Waals surface area contributed by atoms with Crippen molar-refractivity contribution in [1.82, 2.24) is 0 Å². The Morgan fingerprint density at radius 2 is 1.47 bits per heavy atom. The highest BCUT2D eigenvalue weighted by Gasteiger charge is 2.80. The summed E-state index contributed by atoms with van der Waals surface area (Å²) in [5, 5.41) is 0.